The molecule has 8 nitrogen and oxygen atoms in total. The van der Waals surface area contributed by atoms with Gasteiger partial charge in [-0.05, 0) is 30.9 Å². The molecule has 0 radical (unpaired) electrons. The number of carbonyl (C=O) groups is 3. The predicted molar refractivity (Wildman–Crippen MR) is 165 cm³/mol. The molecule has 6 atom stereocenters. The molecule has 3 fully saturated rings. The highest BCUT2D eigenvalue weighted by molar-refractivity contribution is 6.00. The first-order valence-corrected chi connectivity index (χ1v) is 16.0. The zero-order valence-corrected chi connectivity index (χ0v) is 25.3. The van der Waals surface area contributed by atoms with Crippen LogP contribution in [0.5, 0.6) is 0 Å². The molecule has 1 unspecified atom stereocenters. The molecule has 2 aromatic carbocycles. The Bertz CT molecular complexity index is 1470. The molecule has 0 aromatic heterocycles. The maximum Gasteiger partial charge on any atom is 0.249 e. The van der Waals surface area contributed by atoms with Crippen molar-refractivity contribution in [1.29, 1.82) is 0 Å². The highest BCUT2D eigenvalue weighted by Crippen LogP contribution is 2.59. The van der Waals surface area contributed by atoms with Crippen molar-refractivity contribution in [2.24, 2.45) is 11.8 Å². The van der Waals surface area contributed by atoms with Crippen molar-refractivity contribution >= 4 is 17.7 Å². The number of aliphatic hydroxyl groups is 1. The van der Waals surface area contributed by atoms with Gasteiger partial charge in [-0.25, -0.2) is 0 Å². The first-order chi connectivity index (χ1) is 21.4. The second-order valence-corrected chi connectivity index (χ2v) is 13.1. The second kappa shape index (κ2) is 11.3. The van der Waals surface area contributed by atoms with E-state index in [2.05, 4.69) is 0 Å². The number of ether oxygens (including phenoxy) is 1. The van der Waals surface area contributed by atoms with Crippen LogP contribution in [-0.2, 0) is 25.7 Å². The summed E-state index contributed by atoms with van der Waals surface area (Å²) < 4.78 is 7.02. The van der Waals surface area contributed by atoms with E-state index in [9.17, 15) is 19.5 Å². The fourth-order valence-electron chi connectivity index (χ4n) is 8.56. The molecule has 4 aliphatic heterocycles. The third-order valence-corrected chi connectivity index (χ3v) is 10.5. The smallest absolute Gasteiger partial charge is 0.249 e. The molecular formula is C36H41N3O5. The third kappa shape index (κ3) is 4.53. The Hall–Kier alpha value is -3.75. The summed E-state index contributed by atoms with van der Waals surface area (Å²) in [5.74, 6) is -2.40. The van der Waals surface area contributed by atoms with E-state index in [0.717, 1.165) is 43.2 Å². The summed E-state index contributed by atoms with van der Waals surface area (Å²) in [7, 11) is 0. The van der Waals surface area contributed by atoms with Crippen LogP contribution < -0.4 is 0 Å². The van der Waals surface area contributed by atoms with Gasteiger partial charge < -0.3 is 24.5 Å². The maximum absolute atomic E-state index is 14.9. The molecule has 5 aliphatic rings. The summed E-state index contributed by atoms with van der Waals surface area (Å²) >= 11 is 0. The Balaban J connectivity index is 1.34. The van der Waals surface area contributed by atoms with Crippen LogP contribution in [0.15, 0.2) is 85.0 Å². The Morgan fingerprint density at radius 1 is 0.841 bits per heavy atom. The minimum atomic E-state index is -1.35. The number of benzene rings is 2. The lowest BCUT2D eigenvalue weighted by atomic mass is 9.74. The lowest BCUT2D eigenvalue weighted by Crippen LogP contribution is -2.58. The van der Waals surface area contributed by atoms with Crippen molar-refractivity contribution in [1.82, 2.24) is 14.7 Å². The van der Waals surface area contributed by atoms with E-state index in [1.54, 1.807) is 9.80 Å². The second-order valence-electron chi connectivity index (χ2n) is 13.1. The van der Waals surface area contributed by atoms with Crippen LogP contribution in [0.4, 0.5) is 0 Å². The highest BCUT2D eigenvalue weighted by Gasteiger charge is 2.75. The van der Waals surface area contributed by atoms with Gasteiger partial charge >= 0.3 is 0 Å². The van der Waals surface area contributed by atoms with Gasteiger partial charge in [0.15, 0.2) is 0 Å². The Morgan fingerprint density at radius 2 is 1.52 bits per heavy atom. The zero-order valence-electron chi connectivity index (χ0n) is 25.3. The summed E-state index contributed by atoms with van der Waals surface area (Å²) in [6, 6.07) is 17.5. The summed E-state index contributed by atoms with van der Waals surface area (Å²) in [4.78, 5) is 49.6. The van der Waals surface area contributed by atoms with Gasteiger partial charge in [0, 0.05) is 25.7 Å². The number of nitrogens with zero attached hydrogens (tertiary/aromatic N) is 3. The standard InChI is InChI=1S/C36H41N3O5/c1-35-19-11-21-37(23-25-13-5-2-6-14-25)32(41)29(35)30-33(42)39(28(24-40)26-15-7-3-8-16-26)31-34(43)38(27-17-9-4-10-18-27)22-12-20-36(30,31)44-35/h2-3,5-8,11-16,19-20,27-31,40H,4,9-10,17-18,21-24H2,1H3/t28-,29+,30+,31?,35-,36+/m1/s1. The van der Waals surface area contributed by atoms with Gasteiger partial charge in [0.05, 0.1) is 30.1 Å². The molecule has 4 heterocycles. The molecule has 1 saturated carbocycles. The summed E-state index contributed by atoms with van der Waals surface area (Å²) in [5, 5.41) is 10.8. The van der Waals surface area contributed by atoms with Crippen molar-refractivity contribution in [3.05, 3.63) is 96.1 Å². The molecule has 230 valence electrons. The van der Waals surface area contributed by atoms with E-state index in [0.29, 0.717) is 19.6 Å². The first kappa shape index (κ1) is 29.0. The lowest BCUT2D eigenvalue weighted by molar-refractivity contribution is -0.157. The highest BCUT2D eigenvalue weighted by atomic mass is 16.5. The topological polar surface area (TPSA) is 90.4 Å². The minimum Gasteiger partial charge on any atom is -0.394 e. The van der Waals surface area contributed by atoms with Crippen LogP contribution in [0.1, 0.15) is 56.2 Å². The fourth-order valence-corrected chi connectivity index (χ4v) is 8.56. The molecular weight excluding hydrogens is 554 g/mol. The molecule has 2 aromatic rings. The van der Waals surface area contributed by atoms with Crippen molar-refractivity contribution < 1.29 is 24.2 Å². The monoisotopic (exact) mass is 595 g/mol. The number of rotatable bonds is 6. The van der Waals surface area contributed by atoms with Crippen LogP contribution in [0.3, 0.4) is 0 Å². The first-order valence-electron chi connectivity index (χ1n) is 16.0. The van der Waals surface area contributed by atoms with E-state index < -0.39 is 35.1 Å². The number of carbonyl (C=O) groups excluding carboxylic acids is 3. The van der Waals surface area contributed by atoms with Crippen LogP contribution in [0.2, 0.25) is 0 Å². The lowest BCUT2D eigenvalue weighted by Gasteiger charge is -2.42. The average Bonchev–Trinajstić information content (AvgIpc) is 3.32. The Labute approximate surface area is 259 Å². The third-order valence-electron chi connectivity index (χ3n) is 10.5. The largest absolute Gasteiger partial charge is 0.394 e. The fraction of sp³-hybridized carbons (Fsp3) is 0.472. The van der Waals surface area contributed by atoms with Crippen LogP contribution in [0, 0.1) is 11.8 Å². The SMILES string of the molecule is C[C@@]12C=CCN(Cc3ccccc3)C(=O)[C@@H]1[C@H]1C(=O)N([C@H](CO)c3ccccc3)C3C(=O)N(C4CCCCC4)CC=C[C@@]31O2. The molecule has 8 heteroatoms. The van der Waals surface area contributed by atoms with Gasteiger partial charge in [-0.15, -0.1) is 0 Å². The molecule has 44 heavy (non-hydrogen) atoms. The van der Waals surface area contributed by atoms with Crippen LogP contribution >= 0.6 is 0 Å². The molecule has 1 N–H and O–H groups in total. The molecule has 3 amide bonds. The predicted octanol–water partition coefficient (Wildman–Crippen LogP) is 4.02. The van der Waals surface area contributed by atoms with Gasteiger partial charge in [0.1, 0.15) is 11.6 Å². The summed E-state index contributed by atoms with van der Waals surface area (Å²) in [5.41, 5.74) is -0.695. The minimum absolute atomic E-state index is 0.0849. The van der Waals surface area contributed by atoms with Crippen molar-refractivity contribution in [2.75, 3.05) is 19.7 Å². The van der Waals surface area contributed by atoms with Crippen LogP contribution in [0.25, 0.3) is 0 Å². The number of likely N-dealkylation sites (tertiary alicyclic amines) is 1. The average molecular weight is 596 g/mol. The Morgan fingerprint density at radius 3 is 2.23 bits per heavy atom. The zero-order chi connectivity index (χ0) is 30.5. The Kier molecular flexibility index (Phi) is 7.45. The van der Waals surface area contributed by atoms with E-state index in [-0.39, 0.29) is 30.4 Å². The normalized spacial score (nSPS) is 32.7. The number of hydrogen-bond donors (Lipinski definition) is 1. The van der Waals surface area contributed by atoms with E-state index in [1.165, 1.54) is 0 Å². The quantitative estimate of drug-likeness (QED) is 0.510. The number of aliphatic hydroxyl groups excluding tert-OH is 1. The molecule has 0 bridgehead atoms. The maximum atomic E-state index is 14.9. The number of fused-ring (bicyclic) bond motifs is 2. The van der Waals surface area contributed by atoms with Gasteiger partial charge in [-0.3, -0.25) is 14.4 Å². The van der Waals surface area contributed by atoms with E-state index in [1.807, 2.05) is 96.8 Å². The summed E-state index contributed by atoms with van der Waals surface area (Å²) in [6.45, 7) is 2.76. The van der Waals surface area contributed by atoms with Gasteiger partial charge in [0.25, 0.3) is 0 Å². The van der Waals surface area contributed by atoms with Crippen molar-refractivity contribution in [3.63, 3.8) is 0 Å². The number of hydrogen-bond acceptors (Lipinski definition) is 5. The van der Waals surface area contributed by atoms with Gasteiger partial charge in [-0.1, -0.05) is 104 Å². The molecule has 7 rings (SSSR count). The number of amides is 3. The van der Waals surface area contributed by atoms with Gasteiger partial charge in [-0.2, -0.15) is 0 Å². The van der Waals surface area contributed by atoms with Crippen molar-refractivity contribution in [3.8, 4) is 0 Å². The van der Waals surface area contributed by atoms with Crippen molar-refractivity contribution in [2.45, 2.75) is 74.9 Å². The molecule has 1 spiro atoms. The van der Waals surface area contributed by atoms with Gasteiger partial charge in [0.2, 0.25) is 17.7 Å². The van der Waals surface area contributed by atoms with Crippen LogP contribution in [-0.4, -0.2) is 80.5 Å². The van der Waals surface area contributed by atoms with E-state index >= 15 is 0 Å². The summed E-state index contributed by atoms with van der Waals surface area (Å²) in [6.07, 6.45) is 12.9. The molecule has 1 aliphatic carbocycles. The van der Waals surface area contributed by atoms with E-state index in [4.69, 9.17) is 4.74 Å². The molecule has 2 saturated heterocycles.